The summed E-state index contributed by atoms with van der Waals surface area (Å²) in [6, 6.07) is 9.22. The summed E-state index contributed by atoms with van der Waals surface area (Å²) in [5.74, 6) is 0.618. The van der Waals surface area contributed by atoms with Crippen LogP contribution in [0.2, 0.25) is 0 Å². The van der Waals surface area contributed by atoms with E-state index in [1.165, 1.54) is 0 Å². The number of pyridine rings is 1. The highest BCUT2D eigenvalue weighted by atomic mass is 32.2. The van der Waals surface area contributed by atoms with Gasteiger partial charge in [-0.25, -0.2) is 13.4 Å². The Morgan fingerprint density at radius 1 is 1.19 bits per heavy atom. The Morgan fingerprint density at radius 2 is 1.89 bits per heavy atom. The number of sulfone groups is 1. The molecule has 1 aromatic heterocycles. The minimum Gasteiger partial charge on any atom is -0.366 e. The number of hydrogen-bond acceptors (Lipinski definition) is 5. The minimum atomic E-state index is -2.97. The van der Waals surface area contributed by atoms with E-state index in [4.69, 9.17) is 0 Å². The largest absolute Gasteiger partial charge is 0.366 e. The topological polar surface area (TPSA) is 88.2 Å². The molecule has 1 unspecified atom stereocenters. The number of carbonyl (C=O) groups is 1. The number of nitrogens with zero attached hydrogens (tertiary/aromatic N) is 1. The van der Waals surface area contributed by atoms with E-state index in [1.807, 2.05) is 18.2 Å². The number of aryl methyl sites for hydroxylation is 2. The maximum absolute atomic E-state index is 12.8. The Kier molecular flexibility index (Phi) is 5.79. The third-order valence-corrected chi connectivity index (χ3v) is 6.61. The molecule has 0 saturated carbocycles. The van der Waals surface area contributed by atoms with Crippen molar-refractivity contribution in [2.45, 2.75) is 39.2 Å². The van der Waals surface area contributed by atoms with Crippen molar-refractivity contribution in [1.29, 1.82) is 0 Å². The van der Waals surface area contributed by atoms with E-state index >= 15 is 0 Å². The molecule has 27 heavy (non-hydrogen) atoms. The lowest BCUT2D eigenvalue weighted by atomic mass is 10.0. The van der Waals surface area contributed by atoms with Gasteiger partial charge in [0.25, 0.3) is 5.91 Å². The van der Waals surface area contributed by atoms with Crippen LogP contribution in [0.25, 0.3) is 0 Å². The molecule has 1 fully saturated rings. The van der Waals surface area contributed by atoms with Gasteiger partial charge in [-0.1, -0.05) is 32.0 Å². The molecule has 6 nitrogen and oxygen atoms in total. The fourth-order valence-corrected chi connectivity index (χ4v) is 5.03. The van der Waals surface area contributed by atoms with Gasteiger partial charge in [0.05, 0.1) is 11.5 Å². The average Bonchev–Trinajstić information content (AvgIpc) is 3.00. The van der Waals surface area contributed by atoms with Gasteiger partial charge in [0.1, 0.15) is 5.82 Å². The fourth-order valence-electron chi connectivity index (χ4n) is 3.36. The van der Waals surface area contributed by atoms with E-state index in [2.05, 4.69) is 29.5 Å². The monoisotopic (exact) mass is 387 g/mol. The van der Waals surface area contributed by atoms with Crippen LogP contribution in [0.4, 0.5) is 11.5 Å². The van der Waals surface area contributed by atoms with Gasteiger partial charge in [-0.3, -0.25) is 4.79 Å². The molecule has 2 aromatic rings. The number of para-hydroxylation sites is 1. The van der Waals surface area contributed by atoms with Crippen molar-refractivity contribution in [2.24, 2.45) is 0 Å². The lowest BCUT2D eigenvalue weighted by Crippen LogP contribution is -2.22. The second kappa shape index (κ2) is 8.08. The Labute approximate surface area is 160 Å². The summed E-state index contributed by atoms with van der Waals surface area (Å²) in [6.45, 7) is 4.13. The molecule has 0 radical (unpaired) electrons. The molecule has 0 aliphatic carbocycles. The van der Waals surface area contributed by atoms with E-state index in [0.29, 0.717) is 17.8 Å². The molecule has 0 spiro atoms. The molecule has 144 valence electrons. The summed E-state index contributed by atoms with van der Waals surface area (Å²) >= 11 is 0. The molecule has 1 aromatic carbocycles. The summed E-state index contributed by atoms with van der Waals surface area (Å²) in [7, 11) is -2.97. The highest BCUT2D eigenvalue weighted by Crippen LogP contribution is 2.24. The average molecular weight is 388 g/mol. The molecule has 2 N–H and O–H groups in total. The first kappa shape index (κ1) is 19.4. The van der Waals surface area contributed by atoms with Gasteiger partial charge in [0, 0.05) is 23.5 Å². The third kappa shape index (κ3) is 4.66. The standard InChI is InChI=1S/C20H25N3O3S/c1-3-14-6-5-7-15(4-2)19(14)23-20(24)16-8-10-21-18(12-16)22-17-9-11-27(25,26)13-17/h5-8,10,12,17H,3-4,9,11,13H2,1-2H3,(H,21,22)(H,23,24). The molecule has 2 heterocycles. The van der Waals surface area contributed by atoms with Crippen molar-refractivity contribution in [3.05, 3.63) is 53.2 Å². The zero-order chi connectivity index (χ0) is 19.4. The summed E-state index contributed by atoms with van der Waals surface area (Å²) in [5.41, 5.74) is 3.57. The molecule has 1 saturated heterocycles. The second-order valence-corrected chi connectivity index (χ2v) is 9.02. The number of amides is 1. The van der Waals surface area contributed by atoms with Crippen molar-refractivity contribution in [1.82, 2.24) is 4.98 Å². The number of carbonyl (C=O) groups excluding carboxylic acids is 1. The number of benzene rings is 1. The summed E-state index contributed by atoms with van der Waals surface area (Å²) in [5, 5.41) is 6.17. The summed E-state index contributed by atoms with van der Waals surface area (Å²) < 4.78 is 23.2. The Bertz CT molecular complexity index is 919. The van der Waals surface area contributed by atoms with Crippen LogP contribution in [0.5, 0.6) is 0 Å². The summed E-state index contributed by atoms with van der Waals surface area (Å²) in [4.78, 5) is 17.0. The maximum atomic E-state index is 12.8. The van der Waals surface area contributed by atoms with Crippen LogP contribution >= 0.6 is 0 Å². The van der Waals surface area contributed by atoms with Gasteiger partial charge >= 0.3 is 0 Å². The predicted octanol–water partition coefficient (Wildman–Crippen LogP) is 3.06. The van der Waals surface area contributed by atoms with Crippen LogP contribution in [0.3, 0.4) is 0 Å². The van der Waals surface area contributed by atoms with Gasteiger partial charge in [-0.2, -0.15) is 0 Å². The van der Waals surface area contributed by atoms with Crippen molar-refractivity contribution >= 4 is 27.2 Å². The van der Waals surface area contributed by atoms with Gasteiger partial charge in [-0.15, -0.1) is 0 Å². The first-order valence-corrected chi connectivity index (χ1v) is 11.1. The van der Waals surface area contributed by atoms with E-state index in [-0.39, 0.29) is 23.5 Å². The molecule has 1 aliphatic heterocycles. The second-order valence-electron chi connectivity index (χ2n) is 6.79. The molecule has 0 bridgehead atoms. The van der Waals surface area contributed by atoms with Crippen LogP contribution < -0.4 is 10.6 Å². The van der Waals surface area contributed by atoms with Gasteiger partial charge in [-0.05, 0) is 42.5 Å². The predicted molar refractivity (Wildman–Crippen MR) is 108 cm³/mol. The van der Waals surface area contributed by atoms with Crippen molar-refractivity contribution < 1.29 is 13.2 Å². The first-order valence-electron chi connectivity index (χ1n) is 9.27. The van der Waals surface area contributed by atoms with E-state index < -0.39 is 9.84 Å². The van der Waals surface area contributed by atoms with Crippen LogP contribution in [0.15, 0.2) is 36.5 Å². The number of nitrogens with one attached hydrogen (secondary N) is 2. The maximum Gasteiger partial charge on any atom is 0.255 e. The van der Waals surface area contributed by atoms with Crippen molar-refractivity contribution in [3.63, 3.8) is 0 Å². The highest BCUT2D eigenvalue weighted by molar-refractivity contribution is 7.91. The Hall–Kier alpha value is -2.41. The van der Waals surface area contributed by atoms with Crippen LogP contribution in [0, 0.1) is 0 Å². The van der Waals surface area contributed by atoms with Gasteiger partial charge in [0.2, 0.25) is 0 Å². The molecule has 3 rings (SSSR count). The summed E-state index contributed by atoms with van der Waals surface area (Å²) in [6.07, 6.45) is 3.79. The first-order chi connectivity index (χ1) is 12.9. The SMILES string of the molecule is CCc1cccc(CC)c1NC(=O)c1ccnc(NC2CCS(=O)(=O)C2)c1. The molecule has 7 heteroatoms. The molecular formula is C20H25N3O3S. The third-order valence-electron chi connectivity index (χ3n) is 4.84. The van der Waals surface area contributed by atoms with Crippen molar-refractivity contribution in [3.8, 4) is 0 Å². The number of anilines is 2. The van der Waals surface area contributed by atoms with Crippen LogP contribution in [0.1, 0.15) is 41.8 Å². The minimum absolute atomic E-state index is 0.106. The van der Waals surface area contributed by atoms with Gasteiger partial charge in [0.15, 0.2) is 9.84 Å². The zero-order valence-electron chi connectivity index (χ0n) is 15.7. The quantitative estimate of drug-likeness (QED) is 0.795. The lowest BCUT2D eigenvalue weighted by Gasteiger charge is -2.15. The normalized spacial score (nSPS) is 18.2. The zero-order valence-corrected chi connectivity index (χ0v) is 16.5. The molecule has 1 atom stereocenters. The number of hydrogen-bond donors (Lipinski definition) is 2. The van der Waals surface area contributed by atoms with Gasteiger partial charge < -0.3 is 10.6 Å². The van der Waals surface area contributed by atoms with E-state index in [9.17, 15) is 13.2 Å². The lowest BCUT2D eigenvalue weighted by molar-refractivity contribution is 0.102. The smallest absolute Gasteiger partial charge is 0.255 e. The van der Waals surface area contributed by atoms with Crippen LogP contribution in [-0.2, 0) is 22.7 Å². The fraction of sp³-hybridized carbons (Fsp3) is 0.400. The number of aromatic nitrogens is 1. The van der Waals surface area contributed by atoms with E-state index in [0.717, 1.165) is 29.7 Å². The van der Waals surface area contributed by atoms with Crippen molar-refractivity contribution in [2.75, 3.05) is 22.1 Å². The molecule has 1 aliphatic rings. The Balaban J connectivity index is 1.77. The molecular weight excluding hydrogens is 362 g/mol. The number of rotatable bonds is 6. The molecule has 1 amide bonds. The van der Waals surface area contributed by atoms with Crippen LogP contribution in [-0.4, -0.2) is 36.9 Å². The Morgan fingerprint density at radius 3 is 2.48 bits per heavy atom. The highest BCUT2D eigenvalue weighted by Gasteiger charge is 2.28. The van der Waals surface area contributed by atoms with E-state index in [1.54, 1.807) is 18.3 Å².